The number of halogens is 2. The molecular formula is C14H16F2. The predicted molar refractivity (Wildman–Crippen MR) is 59.7 cm³/mol. The van der Waals surface area contributed by atoms with Gasteiger partial charge in [0.05, 0.1) is 0 Å². The van der Waals surface area contributed by atoms with Crippen LogP contribution in [0.15, 0.2) is 18.2 Å². The van der Waals surface area contributed by atoms with E-state index >= 15 is 0 Å². The molecule has 0 aliphatic heterocycles. The molecule has 0 aromatic heterocycles. The van der Waals surface area contributed by atoms with Crippen molar-refractivity contribution in [2.24, 2.45) is 5.41 Å². The van der Waals surface area contributed by atoms with Gasteiger partial charge in [0.1, 0.15) is 0 Å². The molecule has 2 aliphatic carbocycles. The summed E-state index contributed by atoms with van der Waals surface area (Å²) in [5, 5.41) is 0. The quantitative estimate of drug-likeness (QED) is 0.617. The monoisotopic (exact) mass is 222 g/mol. The van der Waals surface area contributed by atoms with Crippen LogP contribution < -0.4 is 0 Å². The predicted octanol–water partition coefficient (Wildman–Crippen LogP) is 4.20. The second kappa shape index (κ2) is 3.06. The fourth-order valence-electron chi connectivity index (χ4n) is 3.51. The van der Waals surface area contributed by atoms with E-state index in [0.29, 0.717) is 24.8 Å². The molecule has 1 spiro atoms. The summed E-state index contributed by atoms with van der Waals surface area (Å²) >= 11 is 0. The average Bonchev–Trinajstić information content (AvgIpc) is 2.78. The van der Waals surface area contributed by atoms with E-state index in [-0.39, 0.29) is 0 Å². The first-order chi connectivity index (χ1) is 7.57. The summed E-state index contributed by atoms with van der Waals surface area (Å²) in [6.45, 7) is 1.95. The number of hydrogen-bond donors (Lipinski definition) is 0. The van der Waals surface area contributed by atoms with E-state index in [9.17, 15) is 8.78 Å². The van der Waals surface area contributed by atoms with Gasteiger partial charge in [-0.1, -0.05) is 31.0 Å². The Kier molecular flexibility index (Phi) is 1.96. The summed E-state index contributed by atoms with van der Waals surface area (Å²) in [5.41, 5.74) is 1.49. The topological polar surface area (TPSA) is 0 Å². The van der Waals surface area contributed by atoms with Crippen LogP contribution >= 0.6 is 0 Å². The minimum absolute atomic E-state index is 0.300. The van der Waals surface area contributed by atoms with Crippen LogP contribution in [0.2, 0.25) is 0 Å². The van der Waals surface area contributed by atoms with Crippen LogP contribution in [-0.4, -0.2) is 0 Å². The van der Waals surface area contributed by atoms with Crippen molar-refractivity contribution in [3.63, 3.8) is 0 Å². The molecule has 0 atom stereocenters. The molecule has 2 aliphatic rings. The molecule has 0 nitrogen and oxygen atoms in total. The molecule has 0 radical (unpaired) electrons. The van der Waals surface area contributed by atoms with Crippen LogP contribution in [0, 0.1) is 12.3 Å². The van der Waals surface area contributed by atoms with Gasteiger partial charge in [0.2, 0.25) is 0 Å². The summed E-state index contributed by atoms with van der Waals surface area (Å²) in [6.07, 6.45) is 3.88. The molecule has 0 unspecified atom stereocenters. The van der Waals surface area contributed by atoms with Crippen molar-refractivity contribution in [2.75, 3.05) is 0 Å². The Bertz CT molecular complexity index is 428. The smallest absolute Gasteiger partial charge is 0.201 e. The molecule has 2 heteroatoms. The summed E-state index contributed by atoms with van der Waals surface area (Å²) in [5.74, 6) is -2.61. The second-order valence-corrected chi connectivity index (χ2v) is 5.34. The van der Waals surface area contributed by atoms with Crippen molar-refractivity contribution >= 4 is 0 Å². The number of rotatable bonds is 0. The van der Waals surface area contributed by atoms with Gasteiger partial charge in [-0.2, -0.15) is 0 Å². The molecule has 0 bridgehead atoms. The second-order valence-electron chi connectivity index (χ2n) is 5.34. The van der Waals surface area contributed by atoms with E-state index in [1.54, 1.807) is 12.1 Å². The normalized spacial score (nSPS) is 24.9. The van der Waals surface area contributed by atoms with Crippen molar-refractivity contribution in [1.82, 2.24) is 0 Å². The summed E-state index contributed by atoms with van der Waals surface area (Å²) < 4.78 is 29.0. The van der Waals surface area contributed by atoms with Gasteiger partial charge in [-0.3, -0.25) is 0 Å². The molecule has 1 fully saturated rings. The molecule has 16 heavy (non-hydrogen) atoms. The molecule has 86 valence electrons. The highest BCUT2D eigenvalue weighted by atomic mass is 19.3. The lowest BCUT2D eigenvalue weighted by atomic mass is 9.80. The number of alkyl halides is 2. The van der Waals surface area contributed by atoms with Crippen LogP contribution in [-0.2, 0) is 12.3 Å². The Hall–Kier alpha value is -0.920. The van der Waals surface area contributed by atoms with Crippen LogP contribution in [0.5, 0.6) is 0 Å². The molecule has 1 saturated carbocycles. The maximum absolute atomic E-state index is 14.5. The van der Waals surface area contributed by atoms with Gasteiger partial charge >= 0.3 is 0 Å². The molecule has 0 N–H and O–H groups in total. The largest absolute Gasteiger partial charge is 0.279 e. The third-order valence-electron chi connectivity index (χ3n) is 4.49. The molecular weight excluding hydrogens is 206 g/mol. The van der Waals surface area contributed by atoms with Gasteiger partial charge in [-0.25, -0.2) is 8.78 Å². The zero-order chi connectivity index (χ0) is 11.4. The summed E-state index contributed by atoms with van der Waals surface area (Å²) in [6, 6.07) is 5.33. The maximum atomic E-state index is 14.5. The zero-order valence-corrected chi connectivity index (χ0v) is 9.52. The molecule has 0 saturated heterocycles. The number of benzene rings is 1. The van der Waals surface area contributed by atoms with Crippen LogP contribution in [0.25, 0.3) is 0 Å². The Morgan fingerprint density at radius 3 is 2.44 bits per heavy atom. The first-order valence-electron chi connectivity index (χ1n) is 6.04. The number of aryl methyl sites for hydroxylation is 1. The van der Waals surface area contributed by atoms with Crippen molar-refractivity contribution in [2.45, 2.75) is 45.0 Å². The minimum atomic E-state index is -2.61. The van der Waals surface area contributed by atoms with E-state index in [1.165, 1.54) is 0 Å². The van der Waals surface area contributed by atoms with Crippen LogP contribution in [0.4, 0.5) is 8.78 Å². The first kappa shape index (κ1) is 10.2. The SMILES string of the molecule is Cc1cccc2c1CC1(CCCC1)C2(F)F. The number of hydrogen-bond acceptors (Lipinski definition) is 0. The van der Waals surface area contributed by atoms with Gasteiger partial charge in [0, 0.05) is 11.0 Å². The van der Waals surface area contributed by atoms with E-state index in [4.69, 9.17) is 0 Å². The van der Waals surface area contributed by atoms with Gasteiger partial charge in [0.25, 0.3) is 5.92 Å². The molecule has 1 aromatic carbocycles. The van der Waals surface area contributed by atoms with Crippen molar-refractivity contribution in [3.05, 3.63) is 34.9 Å². The van der Waals surface area contributed by atoms with Crippen molar-refractivity contribution < 1.29 is 8.78 Å². The first-order valence-corrected chi connectivity index (χ1v) is 6.04. The van der Waals surface area contributed by atoms with Crippen molar-refractivity contribution in [1.29, 1.82) is 0 Å². The standard InChI is InChI=1S/C14H16F2/c1-10-5-4-6-12-11(10)9-13(14(12,15)16)7-2-3-8-13/h4-6H,2-3,7-9H2,1H3. The van der Waals surface area contributed by atoms with Crippen LogP contribution in [0.3, 0.4) is 0 Å². The Morgan fingerprint density at radius 2 is 1.81 bits per heavy atom. The van der Waals surface area contributed by atoms with Crippen molar-refractivity contribution in [3.8, 4) is 0 Å². The molecule has 3 rings (SSSR count). The van der Waals surface area contributed by atoms with E-state index in [1.807, 2.05) is 13.0 Å². The third kappa shape index (κ3) is 1.08. The molecule has 0 heterocycles. The summed E-state index contributed by atoms with van der Waals surface area (Å²) in [7, 11) is 0. The van der Waals surface area contributed by atoms with E-state index in [2.05, 4.69) is 0 Å². The van der Waals surface area contributed by atoms with Crippen LogP contribution in [0.1, 0.15) is 42.4 Å². The Balaban J connectivity index is 2.17. The highest BCUT2D eigenvalue weighted by Crippen LogP contribution is 2.61. The Labute approximate surface area is 94.7 Å². The van der Waals surface area contributed by atoms with Gasteiger partial charge < -0.3 is 0 Å². The average molecular weight is 222 g/mol. The maximum Gasteiger partial charge on any atom is 0.279 e. The fourth-order valence-corrected chi connectivity index (χ4v) is 3.51. The highest BCUT2D eigenvalue weighted by molar-refractivity contribution is 5.44. The lowest BCUT2D eigenvalue weighted by molar-refractivity contribution is -0.114. The number of fused-ring (bicyclic) bond motifs is 1. The lowest BCUT2D eigenvalue weighted by Gasteiger charge is -2.30. The molecule has 1 aromatic rings. The lowest BCUT2D eigenvalue weighted by Crippen LogP contribution is -2.32. The molecule has 0 amide bonds. The fraction of sp³-hybridized carbons (Fsp3) is 0.571. The minimum Gasteiger partial charge on any atom is -0.201 e. The highest BCUT2D eigenvalue weighted by Gasteiger charge is 2.60. The van der Waals surface area contributed by atoms with Gasteiger partial charge in [-0.15, -0.1) is 0 Å². The Morgan fingerprint density at radius 1 is 1.12 bits per heavy atom. The van der Waals surface area contributed by atoms with Gasteiger partial charge in [-0.05, 0) is 37.3 Å². The summed E-state index contributed by atoms with van der Waals surface area (Å²) in [4.78, 5) is 0. The van der Waals surface area contributed by atoms with Gasteiger partial charge in [0.15, 0.2) is 0 Å². The zero-order valence-electron chi connectivity index (χ0n) is 9.52. The van der Waals surface area contributed by atoms with E-state index < -0.39 is 11.3 Å². The third-order valence-corrected chi connectivity index (χ3v) is 4.49. The van der Waals surface area contributed by atoms with E-state index in [0.717, 1.165) is 24.0 Å².